The summed E-state index contributed by atoms with van der Waals surface area (Å²) < 4.78 is 1.53. The molecule has 4 aromatic heterocycles. The van der Waals surface area contributed by atoms with Gasteiger partial charge in [-0.2, -0.15) is 10.2 Å². The zero-order valence-corrected chi connectivity index (χ0v) is 18.6. The Morgan fingerprint density at radius 3 is 2.61 bits per heavy atom. The molecule has 4 aromatic rings. The van der Waals surface area contributed by atoms with Crippen LogP contribution in [-0.2, 0) is 17.4 Å². The molecule has 0 aromatic carbocycles. The Morgan fingerprint density at radius 1 is 1.15 bits per heavy atom. The molecular formula is C21H20ClN9O2. The van der Waals surface area contributed by atoms with Crippen molar-refractivity contribution in [3.8, 4) is 22.8 Å². The molecule has 0 spiro atoms. The minimum absolute atomic E-state index is 0.301. The van der Waals surface area contributed by atoms with E-state index in [1.807, 2.05) is 12.1 Å². The number of rotatable bonds is 5. The zero-order valence-electron chi connectivity index (χ0n) is 17.8. The van der Waals surface area contributed by atoms with Crippen LogP contribution in [0.3, 0.4) is 0 Å². The molecule has 33 heavy (non-hydrogen) atoms. The third-order valence-corrected chi connectivity index (χ3v) is 6.02. The number of pyridine rings is 1. The van der Waals surface area contributed by atoms with Crippen LogP contribution in [0.2, 0.25) is 5.15 Å². The Bertz CT molecular complexity index is 1350. The maximum atomic E-state index is 12.4. The molecule has 1 aliphatic rings. The Labute approximate surface area is 193 Å². The maximum absolute atomic E-state index is 12.4. The normalized spacial score (nSPS) is 18.2. The predicted molar refractivity (Wildman–Crippen MR) is 120 cm³/mol. The summed E-state index contributed by atoms with van der Waals surface area (Å²) in [4.78, 5) is 27.3. The van der Waals surface area contributed by atoms with E-state index in [1.165, 1.54) is 9.58 Å². The fourth-order valence-corrected chi connectivity index (χ4v) is 3.82. The van der Waals surface area contributed by atoms with Crippen LogP contribution < -0.4 is 5.32 Å². The van der Waals surface area contributed by atoms with Gasteiger partial charge in [-0.3, -0.25) is 14.6 Å². The van der Waals surface area contributed by atoms with Crippen molar-refractivity contribution < 1.29 is 9.90 Å². The fraction of sp³-hybridized carbons (Fsp3) is 0.238. The van der Waals surface area contributed by atoms with Crippen LogP contribution in [0.1, 0.15) is 12.1 Å². The summed E-state index contributed by atoms with van der Waals surface area (Å²) in [7, 11) is 3.40. The van der Waals surface area contributed by atoms with E-state index in [0.29, 0.717) is 58.2 Å². The van der Waals surface area contributed by atoms with Crippen LogP contribution in [0.5, 0.6) is 0 Å². The van der Waals surface area contributed by atoms with Gasteiger partial charge in [0.2, 0.25) is 5.95 Å². The second kappa shape index (κ2) is 7.94. The van der Waals surface area contributed by atoms with Gasteiger partial charge in [0.15, 0.2) is 5.60 Å². The number of hydrogen-bond donors (Lipinski definition) is 3. The zero-order chi connectivity index (χ0) is 23.2. The highest BCUT2D eigenvalue weighted by Gasteiger charge is 2.46. The number of hydrogen-bond acceptors (Lipinski definition) is 8. The van der Waals surface area contributed by atoms with Crippen molar-refractivity contribution in [2.24, 2.45) is 7.05 Å². The quantitative estimate of drug-likeness (QED) is 0.407. The van der Waals surface area contributed by atoms with Crippen molar-refractivity contribution in [1.82, 2.24) is 39.8 Å². The minimum atomic E-state index is -1.60. The summed E-state index contributed by atoms with van der Waals surface area (Å²) in [6.07, 6.45) is 3.51. The van der Waals surface area contributed by atoms with Crippen LogP contribution in [-0.4, -0.2) is 64.4 Å². The number of aromatic nitrogens is 7. The number of aryl methyl sites for hydroxylation is 1. The van der Waals surface area contributed by atoms with E-state index in [1.54, 1.807) is 44.7 Å². The van der Waals surface area contributed by atoms with E-state index in [0.717, 1.165) is 0 Å². The lowest BCUT2D eigenvalue weighted by Gasteiger charge is -2.18. The first-order chi connectivity index (χ1) is 15.8. The lowest BCUT2D eigenvalue weighted by Crippen LogP contribution is -2.36. The molecule has 0 saturated carbocycles. The highest BCUT2D eigenvalue weighted by atomic mass is 35.5. The number of nitrogens with zero attached hydrogens (tertiary/aromatic N) is 7. The molecule has 1 amide bonds. The summed E-state index contributed by atoms with van der Waals surface area (Å²) in [5.74, 6) is -0.00288. The van der Waals surface area contributed by atoms with Gasteiger partial charge in [-0.15, -0.1) is 0 Å². The topological polar surface area (TPSA) is 138 Å². The van der Waals surface area contributed by atoms with Crippen LogP contribution in [0.25, 0.3) is 22.8 Å². The van der Waals surface area contributed by atoms with Crippen molar-refractivity contribution >= 4 is 29.1 Å². The Hall–Kier alpha value is -3.83. The molecule has 5 heterocycles. The number of carbonyl (C=O) groups is 1. The number of H-pyrrole nitrogens is 1. The van der Waals surface area contributed by atoms with Gasteiger partial charge >= 0.3 is 0 Å². The van der Waals surface area contributed by atoms with Gasteiger partial charge in [-0.1, -0.05) is 17.7 Å². The second-order valence-electron chi connectivity index (χ2n) is 7.78. The molecule has 12 heteroatoms. The molecule has 3 N–H and O–H groups in total. The number of amides is 1. The molecule has 168 valence electrons. The third-order valence-electron chi connectivity index (χ3n) is 5.58. The van der Waals surface area contributed by atoms with Crippen LogP contribution in [0.15, 0.2) is 42.7 Å². The Morgan fingerprint density at radius 2 is 1.91 bits per heavy atom. The van der Waals surface area contributed by atoms with E-state index in [2.05, 4.69) is 35.6 Å². The van der Waals surface area contributed by atoms with Crippen molar-refractivity contribution in [1.29, 1.82) is 0 Å². The lowest BCUT2D eigenvalue weighted by molar-refractivity contribution is -0.143. The SMILES string of the molecule is CN1CC[C@@](O)(c2cc(-c3cccc(-c4ccnc(Nc5cnn(C)c5Cl)n4)n3)n[nH]2)C1=O. The molecule has 0 unspecified atom stereocenters. The van der Waals surface area contributed by atoms with Gasteiger partial charge in [-0.25, -0.2) is 15.0 Å². The first kappa shape index (κ1) is 21.0. The molecule has 5 rings (SSSR count). The summed E-state index contributed by atoms with van der Waals surface area (Å²) in [5.41, 5.74) is 1.62. The molecule has 0 bridgehead atoms. The maximum Gasteiger partial charge on any atom is 0.260 e. The third kappa shape index (κ3) is 3.70. The molecule has 1 aliphatic heterocycles. The number of halogens is 1. The van der Waals surface area contributed by atoms with Crippen molar-refractivity contribution in [2.75, 3.05) is 18.9 Å². The number of likely N-dealkylation sites (N-methyl/N-ethyl adjacent to an activating group) is 1. The number of aliphatic hydroxyl groups is 1. The summed E-state index contributed by atoms with van der Waals surface area (Å²) >= 11 is 6.20. The number of anilines is 2. The van der Waals surface area contributed by atoms with E-state index < -0.39 is 5.60 Å². The van der Waals surface area contributed by atoms with Gasteiger partial charge in [0, 0.05) is 33.3 Å². The Kier molecular flexibility index (Phi) is 5.06. The second-order valence-corrected chi connectivity index (χ2v) is 8.13. The minimum Gasteiger partial charge on any atom is -0.374 e. The largest absolute Gasteiger partial charge is 0.374 e. The number of carbonyl (C=O) groups excluding carboxylic acids is 1. The highest BCUT2D eigenvalue weighted by molar-refractivity contribution is 6.32. The van der Waals surface area contributed by atoms with Gasteiger partial charge < -0.3 is 15.3 Å². The Balaban J connectivity index is 1.42. The van der Waals surface area contributed by atoms with Crippen molar-refractivity contribution in [2.45, 2.75) is 12.0 Å². The van der Waals surface area contributed by atoms with E-state index in [-0.39, 0.29) is 5.91 Å². The highest BCUT2D eigenvalue weighted by Crippen LogP contribution is 2.33. The number of nitrogens with one attached hydrogen (secondary N) is 2. The molecular weight excluding hydrogens is 446 g/mol. The standard InChI is InChI=1S/C21H20ClN9O2/c1-30-9-7-21(33,19(30)32)17-10-15(28-29-17)13-5-3-4-12(25-13)14-6-8-23-20(26-14)27-16-11-24-31(2)18(16)22/h3-6,8,10-11,33H,7,9H2,1-2H3,(H,28,29)(H,23,26,27)/t21-/m1/s1. The lowest BCUT2D eigenvalue weighted by atomic mass is 9.97. The van der Waals surface area contributed by atoms with Crippen molar-refractivity contribution in [3.05, 3.63) is 53.6 Å². The van der Waals surface area contributed by atoms with Crippen LogP contribution in [0, 0.1) is 0 Å². The molecule has 0 radical (unpaired) electrons. The molecule has 11 nitrogen and oxygen atoms in total. The van der Waals surface area contributed by atoms with Crippen LogP contribution >= 0.6 is 11.6 Å². The van der Waals surface area contributed by atoms with Crippen LogP contribution in [0.4, 0.5) is 11.6 Å². The van der Waals surface area contributed by atoms with E-state index in [9.17, 15) is 9.90 Å². The average Bonchev–Trinajstić information content (AvgIpc) is 3.52. The monoisotopic (exact) mass is 465 g/mol. The van der Waals surface area contributed by atoms with Gasteiger partial charge in [0.1, 0.15) is 10.8 Å². The summed E-state index contributed by atoms with van der Waals surface area (Å²) in [6, 6.07) is 8.85. The van der Waals surface area contributed by atoms with Gasteiger partial charge in [-0.05, 0) is 24.3 Å². The summed E-state index contributed by atoms with van der Waals surface area (Å²) in [5, 5.41) is 25.5. The van der Waals surface area contributed by atoms with E-state index in [4.69, 9.17) is 11.6 Å². The van der Waals surface area contributed by atoms with Gasteiger partial charge in [0.05, 0.1) is 34.7 Å². The average molecular weight is 466 g/mol. The number of aromatic amines is 1. The number of likely N-dealkylation sites (tertiary alicyclic amines) is 1. The molecule has 1 saturated heterocycles. The molecule has 1 fully saturated rings. The first-order valence-electron chi connectivity index (χ1n) is 10.1. The summed E-state index contributed by atoms with van der Waals surface area (Å²) in [6.45, 7) is 0.478. The van der Waals surface area contributed by atoms with E-state index >= 15 is 0 Å². The first-order valence-corrected chi connectivity index (χ1v) is 10.5. The fourth-order valence-electron chi connectivity index (χ4n) is 3.68. The van der Waals surface area contributed by atoms with Gasteiger partial charge in [0.25, 0.3) is 5.91 Å². The molecule has 0 aliphatic carbocycles. The molecule has 1 atom stereocenters. The van der Waals surface area contributed by atoms with Crippen molar-refractivity contribution in [3.63, 3.8) is 0 Å². The predicted octanol–water partition coefficient (Wildman–Crippen LogP) is 2.11. The smallest absolute Gasteiger partial charge is 0.260 e.